The Morgan fingerprint density at radius 1 is 1.10 bits per heavy atom. The Bertz CT molecular complexity index is 1010. The zero-order chi connectivity index (χ0) is 20.6. The number of aliphatic hydroxyl groups is 1. The molecule has 1 aliphatic carbocycles. The third-order valence-electron chi connectivity index (χ3n) is 5.25. The van der Waals surface area contributed by atoms with Crippen LogP contribution >= 0.6 is 0 Å². The molecule has 1 aliphatic rings. The SMILES string of the molecule is Cc1ccnc([C@H]2C[C@@H]2COc2nc(C)ncc2-c2ccc(C(C)(C)O)nc2)c1. The Kier molecular flexibility index (Phi) is 5.04. The van der Waals surface area contributed by atoms with Gasteiger partial charge in [0.05, 0.1) is 17.9 Å². The molecule has 0 aromatic carbocycles. The van der Waals surface area contributed by atoms with Crippen LogP contribution in [0.4, 0.5) is 0 Å². The van der Waals surface area contributed by atoms with E-state index in [1.165, 1.54) is 5.56 Å². The fourth-order valence-electron chi connectivity index (χ4n) is 3.41. The number of aryl methyl sites for hydroxylation is 2. The fraction of sp³-hybridized carbons (Fsp3) is 0.391. The number of ether oxygens (including phenoxy) is 1. The smallest absolute Gasteiger partial charge is 0.224 e. The van der Waals surface area contributed by atoms with Gasteiger partial charge in [-0.2, -0.15) is 4.98 Å². The molecule has 0 aliphatic heterocycles. The number of hydrogen-bond donors (Lipinski definition) is 1. The molecule has 0 amide bonds. The van der Waals surface area contributed by atoms with Gasteiger partial charge in [0.25, 0.3) is 0 Å². The van der Waals surface area contributed by atoms with Gasteiger partial charge in [-0.25, -0.2) is 4.98 Å². The van der Waals surface area contributed by atoms with Crippen molar-refractivity contribution in [1.29, 1.82) is 0 Å². The Balaban J connectivity index is 1.49. The predicted octanol–water partition coefficient (Wildman–Crippen LogP) is 3.96. The van der Waals surface area contributed by atoms with Crippen molar-refractivity contribution in [3.63, 3.8) is 0 Å². The molecule has 0 unspecified atom stereocenters. The van der Waals surface area contributed by atoms with E-state index < -0.39 is 5.60 Å². The quantitative estimate of drug-likeness (QED) is 0.686. The lowest BCUT2D eigenvalue weighted by Crippen LogP contribution is -2.17. The van der Waals surface area contributed by atoms with Crippen molar-refractivity contribution < 1.29 is 9.84 Å². The molecular weight excluding hydrogens is 364 g/mol. The van der Waals surface area contributed by atoms with Crippen LogP contribution in [0.5, 0.6) is 5.88 Å². The van der Waals surface area contributed by atoms with Gasteiger partial charge in [0, 0.05) is 41.7 Å². The molecule has 3 aromatic heterocycles. The highest BCUT2D eigenvalue weighted by atomic mass is 16.5. The fourth-order valence-corrected chi connectivity index (χ4v) is 3.41. The summed E-state index contributed by atoms with van der Waals surface area (Å²) in [6.07, 6.45) is 6.45. The molecule has 1 fully saturated rings. The van der Waals surface area contributed by atoms with E-state index in [1.807, 2.05) is 31.3 Å². The second-order valence-corrected chi connectivity index (χ2v) is 8.30. The molecule has 6 nitrogen and oxygen atoms in total. The lowest BCUT2D eigenvalue weighted by molar-refractivity contribution is 0.0739. The number of rotatable bonds is 6. The lowest BCUT2D eigenvalue weighted by Gasteiger charge is -2.17. The Hall–Kier alpha value is -2.86. The van der Waals surface area contributed by atoms with E-state index in [9.17, 15) is 5.11 Å². The standard InChI is InChI=1S/C23H26N4O2/c1-14-7-8-24-20(9-14)18-10-17(18)13-29-22-19(12-25-15(2)27-22)16-5-6-21(26-11-16)23(3,4)28/h5-9,11-12,17-18,28H,10,13H2,1-4H3/t17-,18+/m1/s1. The van der Waals surface area contributed by atoms with E-state index in [1.54, 1.807) is 26.2 Å². The predicted molar refractivity (Wildman–Crippen MR) is 111 cm³/mol. The first-order chi connectivity index (χ1) is 13.8. The molecule has 0 saturated heterocycles. The van der Waals surface area contributed by atoms with Gasteiger partial charge in [-0.3, -0.25) is 9.97 Å². The van der Waals surface area contributed by atoms with Crippen molar-refractivity contribution in [3.05, 3.63) is 65.6 Å². The van der Waals surface area contributed by atoms with E-state index >= 15 is 0 Å². The summed E-state index contributed by atoms with van der Waals surface area (Å²) < 4.78 is 6.12. The van der Waals surface area contributed by atoms with E-state index in [0.717, 1.165) is 23.2 Å². The van der Waals surface area contributed by atoms with Gasteiger partial charge in [-0.1, -0.05) is 6.07 Å². The van der Waals surface area contributed by atoms with Crippen molar-refractivity contribution in [2.24, 2.45) is 5.92 Å². The highest BCUT2D eigenvalue weighted by Gasteiger charge is 2.40. The average molecular weight is 390 g/mol. The summed E-state index contributed by atoms with van der Waals surface area (Å²) in [6.45, 7) is 7.97. The maximum Gasteiger partial charge on any atom is 0.224 e. The van der Waals surface area contributed by atoms with Crippen LogP contribution in [0.25, 0.3) is 11.1 Å². The van der Waals surface area contributed by atoms with Crippen molar-refractivity contribution in [3.8, 4) is 17.0 Å². The first-order valence-corrected chi connectivity index (χ1v) is 9.89. The lowest BCUT2D eigenvalue weighted by atomic mass is 10.0. The van der Waals surface area contributed by atoms with Crippen molar-refractivity contribution >= 4 is 0 Å². The minimum absolute atomic E-state index is 0.447. The van der Waals surface area contributed by atoms with Gasteiger partial charge in [-0.05, 0) is 57.9 Å². The van der Waals surface area contributed by atoms with E-state index in [4.69, 9.17) is 4.74 Å². The van der Waals surface area contributed by atoms with Crippen LogP contribution in [0.2, 0.25) is 0 Å². The topological polar surface area (TPSA) is 81.0 Å². The summed E-state index contributed by atoms with van der Waals surface area (Å²) in [4.78, 5) is 17.7. The van der Waals surface area contributed by atoms with Crippen molar-refractivity contribution in [1.82, 2.24) is 19.9 Å². The summed E-state index contributed by atoms with van der Waals surface area (Å²) in [5.74, 6) is 2.13. The normalized spacial score (nSPS) is 18.5. The molecule has 0 bridgehead atoms. The van der Waals surface area contributed by atoms with E-state index in [0.29, 0.717) is 35.8 Å². The molecule has 2 atom stereocenters. The molecule has 0 spiro atoms. The van der Waals surface area contributed by atoms with Crippen LogP contribution in [0.15, 0.2) is 42.9 Å². The van der Waals surface area contributed by atoms with Gasteiger partial charge in [-0.15, -0.1) is 0 Å². The summed E-state index contributed by atoms with van der Waals surface area (Å²) >= 11 is 0. The molecule has 3 heterocycles. The minimum Gasteiger partial charge on any atom is -0.477 e. The van der Waals surface area contributed by atoms with Gasteiger partial charge >= 0.3 is 0 Å². The van der Waals surface area contributed by atoms with Crippen LogP contribution in [0, 0.1) is 19.8 Å². The highest BCUT2D eigenvalue weighted by molar-refractivity contribution is 5.67. The molecule has 6 heteroatoms. The van der Waals surface area contributed by atoms with Gasteiger partial charge in [0.15, 0.2) is 0 Å². The molecule has 1 N–H and O–H groups in total. The first kappa shape index (κ1) is 19.5. The third kappa shape index (κ3) is 4.43. The number of pyridine rings is 2. The molecule has 29 heavy (non-hydrogen) atoms. The molecule has 3 aromatic rings. The average Bonchev–Trinajstić information content (AvgIpc) is 3.46. The molecule has 150 valence electrons. The van der Waals surface area contributed by atoms with Crippen LogP contribution in [-0.4, -0.2) is 31.6 Å². The Morgan fingerprint density at radius 3 is 2.62 bits per heavy atom. The van der Waals surface area contributed by atoms with Gasteiger partial charge in [0.2, 0.25) is 5.88 Å². The summed E-state index contributed by atoms with van der Waals surface area (Å²) in [7, 11) is 0. The zero-order valence-electron chi connectivity index (χ0n) is 17.3. The highest BCUT2D eigenvalue weighted by Crippen LogP contribution is 2.47. The van der Waals surface area contributed by atoms with Gasteiger partial charge < -0.3 is 9.84 Å². The molecule has 1 saturated carbocycles. The zero-order valence-corrected chi connectivity index (χ0v) is 17.3. The van der Waals surface area contributed by atoms with Crippen molar-refractivity contribution in [2.75, 3.05) is 6.61 Å². The van der Waals surface area contributed by atoms with Crippen LogP contribution in [-0.2, 0) is 5.60 Å². The summed E-state index contributed by atoms with van der Waals surface area (Å²) in [5.41, 5.74) is 3.67. The maximum atomic E-state index is 10.1. The van der Waals surface area contributed by atoms with E-state index in [-0.39, 0.29) is 0 Å². The number of aromatic nitrogens is 4. The Labute approximate surface area is 171 Å². The largest absolute Gasteiger partial charge is 0.477 e. The maximum absolute atomic E-state index is 10.1. The second kappa shape index (κ2) is 7.52. The minimum atomic E-state index is -0.980. The van der Waals surface area contributed by atoms with Gasteiger partial charge in [0.1, 0.15) is 11.4 Å². The molecule has 0 radical (unpaired) electrons. The summed E-state index contributed by atoms with van der Waals surface area (Å²) in [6, 6.07) is 7.91. The third-order valence-corrected chi connectivity index (χ3v) is 5.25. The van der Waals surface area contributed by atoms with Crippen LogP contribution in [0.3, 0.4) is 0 Å². The van der Waals surface area contributed by atoms with Crippen LogP contribution < -0.4 is 4.74 Å². The number of hydrogen-bond acceptors (Lipinski definition) is 6. The first-order valence-electron chi connectivity index (χ1n) is 9.89. The molecule has 4 rings (SSSR count). The second-order valence-electron chi connectivity index (χ2n) is 8.30. The van der Waals surface area contributed by atoms with Crippen LogP contribution in [0.1, 0.15) is 49.0 Å². The number of nitrogens with zero attached hydrogens (tertiary/aromatic N) is 4. The monoisotopic (exact) mass is 390 g/mol. The summed E-state index contributed by atoms with van der Waals surface area (Å²) in [5, 5.41) is 10.1. The van der Waals surface area contributed by atoms with Crippen molar-refractivity contribution in [2.45, 2.75) is 45.6 Å². The molecular formula is C23H26N4O2. The Morgan fingerprint density at radius 2 is 1.93 bits per heavy atom. The van der Waals surface area contributed by atoms with E-state index in [2.05, 4.69) is 32.9 Å².